The molecule has 3 atom stereocenters. The summed E-state index contributed by atoms with van der Waals surface area (Å²) in [7, 11) is 1.53. The molecule has 4 aliphatic rings. The van der Waals surface area contributed by atoms with Gasteiger partial charge in [-0.25, -0.2) is 8.78 Å². The van der Waals surface area contributed by atoms with Gasteiger partial charge >= 0.3 is 0 Å². The maximum Gasteiger partial charge on any atom is 0.282 e. The van der Waals surface area contributed by atoms with Gasteiger partial charge in [0.05, 0.1) is 0 Å². The van der Waals surface area contributed by atoms with Crippen molar-refractivity contribution in [2.24, 2.45) is 13.0 Å². The largest absolute Gasteiger partial charge is 0.347 e. The number of aryl methyl sites for hydroxylation is 1. The summed E-state index contributed by atoms with van der Waals surface area (Å²) in [6, 6.07) is 11.5. The Morgan fingerprint density at radius 1 is 1.17 bits per heavy atom. The molecule has 154 valence electrons. The SMILES string of the molecule is Cn1nc(C(F)F)cc1C(=O)N[C@H]1C2CN3CCN(C2)CC1(c1ccccc1)C3. The van der Waals surface area contributed by atoms with Crippen LogP contribution >= 0.6 is 0 Å². The first-order valence-electron chi connectivity index (χ1n) is 10.1. The van der Waals surface area contributed by atoms with Crippen LogP contribution < -0.4 is 5.32 Å². The summed E-state index contributed by atoms with van der Waals surface area (Å²) in [6.45, 7) is 5.77. The number of hydrogen-bond acceptors (Lipinski definition) is 4. The monoisotopic (exact) mass is 401 g/mol. The normalized spacial score (nSPS) is 33.1. The highest BCUT2D eigenvalue weighted by Gasteiger charge is 2.55. The third kappa shape index (κ3) is 3.05. The molecule has 6 nitrogen and oxygen atoms in total. The zero-order valence-corrected chi connectivity index (χ0v) is 16.4. The molecule has 0 saturated carbocycles. The minimum atomic E-state index is -2.69. The van der Waals surface area contributed by atoms with E-state index < -0.39 is 6.43 Å². The predicted molar refractivity (Wildman–Crippen MR) is 104 cm³/mol. The number of benzene rings is 1. The van der Waals surface area contributed by atoms with Crippen molar-refractivity contribution in [1.29, 1.82) is 0 Å². The van der Waals surface area contributed by atoms with Gasteiger partial charge in [0.15, 0.2) is 0 Å². The van der Waals surface area contributed by atoms with E-state index in [9.17, 15) is 13.6 Å². The molecule has 5 heterocycles. The van der Waals surface area contributed by atoms with Crippen LogP contribution in [-0.2, 0) is 12.5 Å². The van der Waals surface area contributed by atoms with Crippen molar-refractivity contribution in [3.8, 4) is 0 Å². The number of carbonyl (C=O) groups is 1. The van der Waals surface area contributed by atoms with Crippen molar-refractivity contribution >= 4 is 5.91 Å². The van der Waals surface area contributed by atoms with E-state index in [1.807, 2.05) is 18.2 Å². The molecule has 0 aliphatic carbocycles. The third-order valence-corrected chi connectivity index (χ3v) is 6.79. The van der Waals surface area contributed by atoms with Crippen molar-refractivity contribution in [3.63, 3.8) is 0 Å². The number of rotatable bonds is 4. The maximum atomic E-state index is 13.1. The van der Waals surface area contributed by atoms with Crippen LogP contribution in [0, 0.1) is 5.92 Å². The average Bonchev–Trinajstić information content (AvgIpc) is 2.93. The van der Waals surface area contributed by atoms with E-state index in [-0.39, 0.29) is 28.8 Å². The summed E-state index contributed by atoms with van der Waals surface area (Å²) in [5.74, 6) is -0.0321. The molecular weight excluding hydrogens is 376 g/mol. The minimum absolute atomic E-state index is 0.0482. The number of alkyl halides is 2. The highest BCUT2D eigenvalue weighted by molar-refractivity contribution is 5.93. The first-order chi connectivity index (χ1) is 14.0. The molecule has 2 aromatic rings. The minimum Gasteiger partial charge on any atom is -0.347 e. The number of aromatic nitrogens is 2. The Bertz CT molecular complexity index is 899. The molecule has 0 spiro atoms. The molecule has 6 rings (SSSR count). The van der Waals surface area contributed by atoms with Crippen molar-refractivity contribution in [2.45, 2.75) is 17.9 Å². The van der Waals surface area contributed by atoms with E-state index in [0.29, 0.717) is 5.92 Å². The molecule has 29 heavy (non-hydrogen) atoms. The standard InChI is InChI=1S/C21H25F2N5O/c1-26-17(9-16(25-26)19(22)23)20(29)24-18-14-10-27-7-8-28(11-14)13-21(18,12-27)15-5-3-2-4-6-15/h2-6,9,14,18-19H,7-8,10-13H2,1H3,(H,24,29)/t14?,18-,21?/m0/s1. The third-order valence-electron chi connectivity index (χ3n) is 6.79. The van der Waals surface area contributed by atoms with Gasteiger partial charge in [0.1, 0.15) is 11.4 Å². The van der Waals surface area contributed by atoms with Crippen LogP contribution in [0.4, 0.5) is 8.78 Å². The van der Waals surface area contributed by atoms with E-state index >= 15 is 0 Å². The molecule has 4 fully saturated rings. The van der Waals surface area contributed by atoms with Crippen LogP contribution in [0.25, 0.3) is 0 Å². The van der Waals surface area contributed by atoms with Crippen LogP contribution in [0.3, 0.4) is 0 Å². The average molecular weight is 401 g/mol. The summed E-state index contributed by atoms with van der Waals surface area (Å²) in [5.41, 5.74) is 0.828. The molecule has 1 aromatic carbocycles. The van der Waals surface area contributed by atoms with E-state index in [1.165, 1.54) is 23.4 Å². The highest BCUT2D eigenvalue weighted by atomic mass is 19.3. The fourth-order valence-electron chi connectivity index (χ4n) is 5.59. The van der Waals surface area contributed by atoms with Crippen LogP contribution in [0.5, 0.6) is 0 Å². The second-order valence-corrected chi connectivity index (χ2v) is 8.58. The lowest BCUT2D eigenvalue weighted by atomic mass is 9.64. The van der Waals surface area contributed by atoms with Gasteiger partial charge in [-0.2, -0.15) is 5.10 Å². The van der Waals surface area contributed by atoms with Crippen molar-refractivity contribution in [1.82, 2.24) is 24.9 Å². The second kappa shape index (κ2) is 6.88. The molecule has 8 heteroatoms. The first-order valence-corrected chi connectivity index (χ1v) is 10.1. The van der Waals surface area contributed by atoms with E-state index in [1.54, 1.807) is 0 Å². The maximum absolute atomic E-state index is 13.1. The summed E-state index contributed by atoms with van der Waals surface area (Å²) in [4.78, 5) is 18.1. The number of nitrogens with one attached hydrogen (secondary N) is 1. The summed E-state index contributed by atoms with van der Waals surface area (Å²) < 4.78 is 27.3. The lowest BCUT2D eigenvalue weighted by molar-refractivity contribution is 0.0178. The van der Waals surface area contributed by atoms with Crippen LogP contribution in [-0.4, -0.2) is 70.8 Å². The zero-order valence-electron chi connectivity index (χ0n) is 16.4. The van der Waals surface area contributed by atoms with Crippen molar-refractivity contribution in [3.05, 3.63) is 53.3 Å². The van der Waals surface area contributed by atoms with Gasteiger partial charge in [-0.3, -0.25) is 9.48 Å². The van der Waals surface area contributed by atoms with Crippen LogP contribution in [0.2, 0.25) is 0 Å². The molecule has 1 aromatic heterocycles. The Kier molecular flexibility index (Phi) is 4.43. The first kappa shape index (κ1) is 18.7. The Hall–Kier alpha value is -2.32. The number of piperidine rings is 2. The van der Waals surface area contributed by atoms with Gasteiger partial charge in [0, 0.05) is 63.7 Å². The van der Waals surface area contributed by atoms with Crippen LogP contribution in [0.1, 0.15) is 28.2 Å². The van der Waals surface area contributed by atoms with Crippen LogP contribution in [0.15, 0.2) is 36.4 Å². The van der Waals surface area contributed by atoms with Gasteiger partial charge in [0.25, 0.3) is 12.3 Å². The molecular formula is C21H25F2N5O. The van der Waals surface area contributed by atoms with Gasteiger partial charge in [-0.05, 0) is 11.6 Å². The highest BCUT2D eigenvalue weighted by Crippen LogP contribution is 2.43. The Morgan fingerprint density at radius 2 is 1.83 bits per heavy atom. The number of fused-ring (bicyclic) bond motifs is 1. The van der Waals surface area contributed by atoms with E-state index in [4.69, 9.17) is 0 Å². The van der Waals surface area contributed by atoms with Gasteiger partial charge in [-0.1, -0.05) is 30.3 Å². The fraction of sp³-hybridized carbons (Fsp3) is 0.524. The number of nitrogens with zero attached hydrogens (tertiary/aromatic N) is 4. The van der Waals surface area contributed by atoms with E-state index in [2.05, 4.69) is 32.3 Å². The molecule has 2 unspecified atom stereocenters. The molecule has 4 bridgehead atoms. The lowest BCUT2D eigenvalue weighted by Gasteiger charge is -2.55. The quantitative estimate of drug-likeness (QED) is 0.847. The topological polar surface area (TPSA) is 53.4 Å². The van der Waals surface area contributed by atoms with E-state index in [0.717, 1.165) is 39.3 Å². The summed E-state index contributed by atoms with van der Waals surface area (Å²) in [6.07, 6.45) is -2.69. The number of carbonyl (C=O) groups excluding carboxylic acids is 1. The zero-order chi connectivity index (χ0) is 20.2. The number of halogens is 2. The number of amides is 1. The Morgan fingerprint density at radius 3 is 2.41 bits per heavy atom. The molecule has 4 saturated heterocycles. The molecule has 0 radical (unpaired) electrons. The lowest BCUT2D eigenvalue weighted by Crippen LogP contribution is -2.70. The second-order valence-electron chi connectivity index (χ2n) is 8.58. The fourth-order valence-corrected chi connectivity index (χ4v) is 5.59. The van der Waals surface area contributed by atoms with Gasteiger partial charge < -0.3 is 15.1 Å². The molecule has 1 amide bonds. The van der Waals surface area contributed by atoms with Gasteiger partial charge in [0.2, 0.25) is 0 Å². The van der Waals surface area contributed by atoms with Crippen molar-refractivity contribution < 1.29 is 13.6 Å². The summed E-state index contributed by atoms with van der Waals surface area (Å²) >= 11 is 0. The molecule has 4 aliphatic heterocycles. The molecule has 1 N–H and O–H groups in total. The van der Waals surface area contributed by atoms with Gasteiger partial charge in [-0.15, -0.1) is 0 Å². The summed E-state index contributed by atoms with van der Waals surface area (Å²) in [5, 5.41) is 7.04. The van der Waals surface area contributed by atoms with Crippen molar-refractivity contribution in [2.75, 3.05) is 39.3 Å². The Labute approximate surface area is 168 Å². The Balaban J connectivity index is 1.50. The number of hydrogen-bond donors (Lipinski definition) is 1. The predicted octanol–water partition coefficient (Wildman–Crippen LogP) is 1.66. The smallest absolute Gasteiger partial charge is 0.282 e.